The lowest BCUT2D eigenvalue weighted by Gasteiger charge is -2.27. The minimum atomic E-state index is -0.555. The maximum absolute atomic E-state index is 11.7. The summed E-state index contributed by atoms with van der Waals surface area (Å²) in [5, 5.41) is 3.30. The zero-order valence-corrected chi connectivity index (χ0v) is 10.7. The minimum absolute atomic E-state index is 0.233. The topological polar surface area (TPSA) is 67.6 Å². The zero-order chi connectivity index (χ0) is 12.5. The van der Waals surface area contributed by atoms with Crippen LogP contribution in [0.15, 0.2) is 0 Å². The van der Waals surface area contributed by atoms with Gasteiger partial charge < -0.3 is 10.5 Å². The van der Waals surface area contributed by atoms with Crippen molar-refractivity contribution in [1.82, 2.24) is 10.2 Å². The molecule has 0 bridgehead atoms. The lowest BCUT2D eigenvalue weighted by molar-refractivity contribution is -0.124. The highest BCUT2D eigenvalue weighted by molar-refractivity contribution is 5.85. The molecular formula is C12H23N3O2. The fraction of sp³-hybridized carbons (Fsp3) is 0.917. The van der Waals surface area contributed by atoms with Crippen molar-refractivity contribution in [3.63, 3.8) is 0 Å². The molecule has 2 rings (SSSR count). The summed E-state index contributed by atoms with van der Waals surface area (Å²) in [5.74, 6) is -0.233. The third-order valence-corrected chi connectivity index (χ3v) is 3.92. The summed E-state index contributed by atoms with van der Waals surface area (Å²) in [6.07, 6.45) is 3.33. The molecule has 1 saturated heterocycles. The first-order valence-electron chi connectivity index (χ1n) is 6.39. The monoisotopic (exact) mass is 241 g/mol. The van der Waals surface area contributed by atoms with E-state index in [-0.39, 0.29) is 5.91 Å². The van der Waals surface area contributed by atoms with Crippen LogP contribution in [0.3, 0.4) is 0 Å². The Kier molecular flexibility index (Phi) is 3.70. The van der Waals surface area contributed by atoms with Gasteiger partial charge in [-0.3, -0.25) is 15.0 Å². The highest BCUT2D eigenvalue weighted by atomic mass is 16.5. The van der Waals surface area contributed by atoms with Gasteiger partial charge in [0.15, 0.2) is 0 Å². The van der Waals surface area contributed by atoms with E-state index in [2.05, 4.69) is 17.1 Å². The SMILES string of the molecule is COCCNC1(C(N)=O)CC(C)N(C2CC2)C1. The first kappa shape index (κ1) is 12.8. The van der Waals surface area contributed by atoms with Gasteiger partial charge in [-0.15, -0.1) is 0 Å². The van der Waals surface area contributed by atoms with Crippen molar-refractivity contribution in [1.29, 1.82) is 0 Å². The second kappa shape index (κ2) is 4.92. The van der Waals surface area contributed by atoms with E-state index in [4.69, 9.17) is 10.5 Å². The maximum Gasteiger partial charge on any atom is 0.239 e. The summed E-state index contributed by atoms with van der Waals surface area (Å²) in [4.78, 5) is 14.2. The van der Waals surface area contributed by atoms with Gasteiger partial charge in [-0.05, 0) is 26.2 Å². The van der Waals surface area contributed by atoms with Crippen LogP contribution < -0.4 is 11.1 Å². The first-order valence-corrected chi connectivity index (χ1v) is 6.39. The average molecular weight is 241 g/mol. The molecule has 0 spiro atoms. The number of amides is 1. The van der Waals surface area contributed by atoms with Crippen LogP contribution in [0, 0.1) is 0 Å². The van der Waals surface area contributed by atoms with Crippen molar-refractivity contribution >= 4 is 5.91 Å². The van der Waals surface area contributed by atoms with E-state index in [0.29, 0.717) is 25.2 Å². The van der Waals surface area contributed by atoms with Crippen LogP contribution in [-0.2, 0) is 9.53 Å². The number of nitrogens with one attached hydrogen (secondary N) is 1. The molecule has 1 aliphatic heterocycles. The lowest BCUT2D eigenvalue weighted by Crippen LogP contribution is -2.58. The molecule has 1 heterocycles. The summed E-state index contributed by atoms with van der Waals surface area (Å²) in [7, 11) is 1.66. The fourth-order valence-corrected chi connectivity index (χ4v) is 2.83. The fourth-order valence-electron chi connectivity index (χ4n) is 2.83. The maximum atomic E-state index is 11.7. The Hall–Kier alpha value is -0.650. The number of rotatable bonds is 6. The van der Waals surface area contributed by atoms with Crippen LogP contribution in [-0.4, -0.2) is 55.2 Å². The molecule has 0 aromatic rings. The molecule has 1 amide bonds. The van der Waals surface area contributed by atoms with E-state index in [1.54, 1.807) is 7.11 Å². The Balaban J connectivity index is 1.99. The number of nitrogens with zero attached hydrogens (tertiary/aromatic N) is 1. The van der Waals surface area contributed by atoms with Gasteiger partial charge in [0.25, 0.3) is 0 Å². The van der Waals surface area contributed by atoms with Crippen molar-refractivity contribution in [2.24, 2.45) is 5.73 Å². The molecule has 0 radical (unpaired) electrons. The minimum Gasteiger partial charge on any atom is -0.383 e. The van der Waals surface area contributed by atoms with E-state index < -0.39 is 5.54 Å². The molecular weight excluding hydrogens is 218 g/mol. The molecule has 5 heteroatoms. The van der Waals surface area contributed by atoms with Crippen molar-refractivity contribution in [2.45, 2.75) is 43.8 Å². The van der Waals surface area contributed by atoms with Crippen LogP contribution in [0.4, 0.5) is 0 Å². The summed E-state index contributed by atoms with van der Waals surface area (Å²) >= 11 is 0. The molecule has 98 valence electrons. The van der Waals surface area contributed by atoms with E-state index in [0.717, 1.165) is 13.0 Å². The van der Waals surface area contributed by atoms with Crippen LogP contribution in [0.1, 0.15) is 26.2 Å². The number of methoxy groups -OCH3 is 1. The molecule has 1 saturated carbocycles. The van der Waals surface area contributed by atoms with E-state index >= 15 is 0 Å². The van der Waals surface area contributed by atoms with Gasteiger partial charge in [0, 0.05) is 32.3 Å². The molecule has 2 unspecified atom stereocenters. The molecule has 5 nitrogen and oxygen atoms in total. The third kappa shape index (κ3) is 2.61. The first-order chi connectivity index (χ1) is 8.09. The van der Waals surface area contributed by atoms with Crippen molar-refractivity contribution < 1.29 is 9.53 Å². The quantitative estimate of drug-likeness (QED) is 0.627. The number of ether oxygens (including phenoxy) is 1. The van der Waals surface area contributed by atoms with Gasteiger partial charge in [-0.25, -0.2) is 0 Å². The number of hydrogen-bond acceptors (Lipinski definition) is 4. The Morgan fingerprint density at radius 1 is 1.59 bits per heavy atom. The number of carbonyl (C=O) groups is 1. The lowest BCUT2D eigenvalue weighted by atomic mass is 9.95. The summed E-state index contributed by atoms with van der Waals surface area (Å²) in [5.41, 5.74) is 5.04. The van der Waals surface area contributed by atoms with Gasteiger partial charge in [0.1, 0.15) is 5.54 Å². The van der Waals surface area contributed by atoms with E-state index in [9.17, 15) is 4.79 Å². The van der Waals surface area contributed by atoms with Crippen LogP contribution in [0.5, 0.6) is 0 Å². The number of likely N-dealkylation sites (tertiary alicyclic amines) is 1. The average Bonchev–Trinajstić information content (AvgIpc) is 3.04. The largest absolute Gasteiger partial charge is 0.383 e. The molecule has 17 heavy (non-hydrogen) atoms. The van der Waals surface area contributed by atoms with E-state index in [1.165, 1.54) is 12.8 Å². The third-order valence-electron chi connectivity index (χ3n) is 3.92. The predicted molar refractivity (Wildman–Crippen MR) is 65.6 cm³/mol. The van der Waals surface area contributed by atoms with Crippen LogP contribution in [0.25, 0.3) is 0 Å². The van der Waals surface area contributed by atoms with Crippen LogP contribution in [0.2, 0.25) is 0 Å². The molecule has 2 fully saturated rings. The number of carbonyl (C=O) groups excluding carboxylic acids is 1. The predicted octanol–water partition coefficient (Wildman–Crippen LogP) is -0.297. The van der Waals surface area contributed by atoms with Crippen LogP contribution >= 0.6 is 0 Å². The second-order valence-electron chi connectivity index (χ2n) is 5.32. The summed E-state index contributed by atoms with van der Waals surface area (Å²) in [6, 6.07) is 1.11. The smallest absolute Gasteiger partial charge is 0.239 e. The summed E-state index contributed by atoms with van der Waals surface area (Å²) < 4.78 is 5.01. The standard InChI is InChI=1S/C12H23N3O2/c1-9-7-12(11(13)16,14-5-6-17-2)8-15(9)10-3-4-10/h9-10,14H,3-8H2,1-2H3,(H2,13,16). The van der Waals surface area contributed by atoms with E-state index in [1.807, 2.05) is 0 Å². The number of hydrogen-bond donors (Lipinski definition) is 2. The normalized spacial score (nSPS) is 34.1. The highest BCUT2D eigenvalue weighted by Crippen LogP contribution is 2.37. The highest BCUT2D eigenvalue weighted by Gasteiger charge is 2.50. The Bertz CT molecular complexity index is 293. The Morgan fingerprint density at radius 2 is 2.29 bits per heavy atom. The second-order valence-corrected chi connectivity index (χ2v) is 5.32. The number of primary amides is 1. The van der Waals surface area contributed by atoms with Gasteiger partial charge in [-0.2, -0.15) is 0 Å². The molecule has 2 atom stereocenters. The molecule has 1 aliphatic carbocycles. The molecule has 2 aliphatic rings. The van der Waals surface area contributed by atoms with Crippen molar-refractivity contribution in [3.8, 4) is 0 Å². The van der Waals surface area contributed by atoms with Gasteiger partial charge in [-0.1, -0.05) is 0 Å². The molecule has 0 aromatic heterocycles. The van der Waals surface area contributed by atoms with Crippen molar-refractivity contribution in [3.05, 3.63) is 0 Å². The Labute approximate surface area is 103 Å². The number of nitrogens with two attached hydrogens (primary N) is 1. The summed E-state index contributed by atoms with van der Waals surface area (Å²) in [6.45, 7) is 4.20. The molecule has 3 N–H and O–H groups in total. The van der Waals surface area contributed by atoms with Crippen molar-refractivity contribution in [2.75, 3.05) is 26.8 Å². The van der Waals surface area contributed by atoms with Gasteiger partial charge >= 0.3 is 0 Å². The Morgan fingerprint density at radius 3 is 2.82 bits per heavy atom. The zero-order valence-electron chi connectivity index (χ0n) is 10.7. The molecule has 0 aromatic carbocycles. The van der Waals surface area contributed by atoms with Gasteiger partial charge in [0.2, 0.25) is 5.91 Å². The van der Waals surface area contributed by atoms with Gasteiger partial charge in [0.05, 0.1) is 6.61 Å².